The van der Waals surface area contributed by atoms with Gasteiger partial charge in [0.25, 0.3) is 0 Å². The summed E-state index contributed by atoms with van der Waals surface area (Å²) in [7, 11) is 1.16. The van der Waals surface area contributed by atoms with Gasteiger partial charge in [-0.2, -0.15) is 8.78 Å². The highest BCUT2D eigenvalue weighted by molar-refractivity contribution is 5.31. The molecule has 96 valence electrons. The standard InChI is InChI=1S/C10H9F5O2/c1-17-7-3-2-5(4-6(7)11)8(16)10(14,15)9(12)13/h2-4,8-9,16H,1H3. The maximum absolute atomic E-state index is 13.1. The zero-order chi connectivity index (χ0) is 13.2. The fourth-order valence-electron chi connectivity index (χ4n) is 1.19. The van der Waals surface area contributed by atoms with E-state index in [4.69, 9.17) is 5.11 Å². The molecule has 0 spiro atoms. The molecule has 17 heavy (non-hydrogen) atoms. The van der Waals surface area contributed by atoms with Gasteiger partial charge in [-0.1, -0.05) is 6.07 Å². The van der Waals surface area contributed by atoms with Gasteiger partial charge in [0.15, 0.2) is 11.6 Å². The molecule has 0 heterocycles. The Hall–Kier alpha value is -1.37. The van der Waals surface area contributed by atoms with E-state index in [0.29, 0.717) is 6.07 Å². The first-order chi connectivity index (χ1) is 7.80. The monoisotopic (exact) mass is 256 g/mol. The van der Waals surface area contributed by atoms with Crippen LogP contribution in [0.25, 0.3) is 0 Å². The third kappa shape index (κ3) is 2.66. The first-order valence-electron chi connectivity index (χ1n) is 4.48. The van der Waals surface area contributed by atoms with E-state index in [1.165, 1.54) is 0 Å². The molecule has 0 saturated carbocycles. The lowest BCUT2D eigenvalue weighted by Gasteiger charge is -2.22. The number of methoxy groups -OCH3 is 1. The van der Waals surface area contributed by atoms with E-state index in [0.717, 1.165) is 19.2 Å². The Labute approximate surface area is 93.6 Å². The smallest absolute Gasteiger partial charge is 0.336 e. The van der Waals surface area contributed by atoms with E-state index in [1.54, 1.807) is 0 Å². The number of hydrogen-bond donors (Lipinski definition) is 1. The normalized spacial score (nSPS) is 13.9. The lowest BCUT2D eigenvalue weighted by atomic mass is 10.0. The summed E-state index contributed by atoms with van der Waals surface area (Å²) < 4.78 is 67.2. The first kappa shape index (κ1) is 13.7. The molecule has 0 aromatic heterocycles. The summed E-state index contributed by atoms with van der Waals surface area (Å²) in [6.45, 7) is 0. The highest BCUT2D eigenvalue weighted by atomic mass is 19.3. The van der Waals surface area contributed by atoms with E-state index in [2.05, 4.69) is 4.74 Å². The van der Waals surface area contributed by atoms with E-state index in [1.807, 2.05) is 0 Å². The van der Waals surface area contributed by atoms with Crippen molar-refractivity contribution in [2.45, 2.75) is 18.5 Å². The van der Waals surface area contributed by atoms with E-state index < -0.39 is 29.8 Å². The predicted octanol–water partition coefficient (Wildman–Crippen LogP) is 2.77. The molecular weight excluding hydrogens is 247 g/mol. The highest BCUT2D eigenvalue weighted by Crippen LogP contribution is 2.37. The molecule has 1 N–H and O–H groups in total. The Morgan fingerprint density at radius 3 is 2.29 bits per heavy atom. The van der Waals surface area contributed by atoms with Crippen LogP contribution in [0.2, 0.25) is 0 Å². The zero-order valence-electron chi connectivity index (χ0n) is 8.63. The summed E-state index contributed by atoms with van der Waals surface area (Å²) in [5.74, 6) is -5.89. The van der Waals surface area contributed by atoms with Gasteiger partial charge in [0.1, 0.15) is 6.10 Å². The summed E-state index contributed by atoms with van der Waals surface area (Å²) in [5, 5.41) is 9.07. The summed E-state index contributed by atoms with van der Waals surface area (Å²) in [6, 6.07) is 2.39. The van der Waals surface area contributed by atoms with Crippen LogP contribution < -0.4 is 4.74 Å². The topological polar surface area (TPSA) is 29.5 Å². The molecule has 0 aliphatic heterocycles. The number of ether oxygens (including phenoxy) is 1. The van der Waals surface area contributed by atoms with Crippen molar-refractivity contribution in [1.29, 1.82) is 0 Å². The second-order valence-corrected chi connectivity index (χ2v) is 3.27. The Morgan fingerprint density at radius 1 is 1.29 bits per heavy atom. The minimum absolute atomic E-state index is 0.235. The number of halogens is 5. The van der Waals surface area contributed by atoms with Gasteiger partial charge in [-0.15, -0.1) is 0 Å². The van der Waals surface area contributed by atoms with Gasteiger partial charge in [0.05, 0.1) is 7.11 Å². The van der Waals surface area contributed by atoms with Crippen LogP contribution in [0.4, 0.5) is 22.0 Å². The molecule has 0 aliphatic rings. The third-order valence-corrected chi connectivity index (χ3v) is 2.15. The molecule has 0 bridgehead atoms. The van der Waals surface area contributed by atoms with Gasteiger partial charge >= 0.3 is 12.3 Å². The van der Waals surface area contributed by atoms with Gasteiger partial charge in [0.2, 0.25) is 0 Å². The average Bonchev–Trinajstić information content (AvgIpc) is 2.27. The van der Waals surface area contributed by atoms with Crippen molar-refractivity contribution in [2.24, 2.45) is 0 Å². The number of benzene rings is 1. The van der Waals surface area contributed by atoms with Crippen LogP contribution in [0.3, 0.4) is 0 Å². The third-order valence-electron chi connectivity index (χ3n) is 2.15. The minimum atomic E-state index is -4.64. The number of aliphatic hydroxyl groups excluding tert-OH is 1. The second-order valence-electron chi connectivity index (χ2n) is 3.27. The van der Waals surface area contributed by atoms with Crippen LogP contribution in [-0.4, -0.2) is 24.6 Å². The molecule has 1 rings (SSSR count). The zero-order valence-corrected chi connectivity index (χ0v) is 8.63. The van der Waals surface area contributed by atoms with Gasteiger partial charge in [-0.05, 0) is 17.7 Å². The number of hydrogen-bond acceptors (Lipinski definition) is 2. The van der Waals surface area contributed by atoms with E-state index in [-0.39, 0.29) is 5.75 Å². The Balaban J connectivity index is 3.05. The second kappa shape index (κ2) is 4.87. The molecule has 0 saturated heterocycles. The molecular formula is C10H9F5O2. The minimum Gasteiger partial charge on any atom is -0.494 e. The molecule has 1 unspecified atom stereocenters. The highest BCUT2D eigenvalue weighted by Gasteiger charge is 2.48. The quantitative estimate of drug-likeness (QED) is 0.839. The van der Waals surface area contributed by atoms with Crippen molar-refractivity contribution < 1.29 is 31.8 Å². The number of alkyl halides is 4. The largest absolute Gasteiger partial charge is 0.494 e. The van der Waals surface area contributed by atoms with Crippen LogP contribution in [-0.2, 0) is 0 Å². The van der Waals surface area contributed by atoms with Crippen LogP contribution >= 0.6 is 0 Å². The van der Waals surface area contributed by atoms with Crippen molar-refractivity contribution in [3.63, 3.8) is 0 Å². The van der Waals surface area contributed by atoms with Gasteiger partial charge in [-0.3, -0.25) is 0 Å². The lowest BCUT2D eigenvalue weighted by Crippen LogP contribution is -2.34. The fraction of sp³-hybridized carbons (Fsp3) is 0.400. The predicted molar refractivity (Wildman–Crippen MR) is 48.9 cm³/mol. The summed E-state index contributed by atoms with van der Waals surface area (Å²) in [6.07, 6.45) is -6.81. The molecule has 1 aromatic carbocycles. The van der Waals surface area contributed by atoms with Crippen LogP contribution in [0.1, 0.15) is 11.7 Å². The Morgan fingerprint density at radius 2 is 1.88 bits per heavy atom. The molecule has 2 nitrogen and oxygen atoms in total. The molecule has 1 atom stereocenters. The molecule has 0 fully saturated rings. The van der Waals surface area contributed by atoms with Gasteiger partial charge in [-0.25, -0.2) is 13.2 Å². The van der Waals surface area contributed by atoms with E-state index in [9.17, 15) is 22.0 Å². The van der Waals surface area contributed by atoms with Crippen molar-refractivity contribution in [3.8, 4) is 5.75 Å². The number of rotatable bonds is 4. The SMILES string of the molecule is COc1ccc(C(O)C(F)(F)C(F)F)cc1F. The van der Waals surface area contributed by atoms with Crippen LogP contribution in [0.15, 0.2) is 18.2 Å². The van der Waals surface area contributed by atoms with E-state index >= 15 is 0 Å². The number of aliphatic hydroxyl groups is 1. The average molecular weight is 256 g/mol. The first-order valence-corrected chi connectivity index (χ1v) is 4.48. The van der Waals surface area contributed by atoms with Crippen molar-refractivity contribution in [3.05, 3.63) is 29.6 Å². The summed E-state index contributed by atoms with van der Waals surface area (Å²) >= 11 is 0. The fourth-order valence-corrected chi connectivity index (χ4v) is 1.19. The lowest BCUT2D eigenvalue weighted by molar-refractivity contribution is -0.193. The Bertz CT molecular complexity index is 394. The van der Waals surface area contributed by atoms with Gasteiger partial charge in [0, 0.05) is 0 Å². The van der Waals surface area contributed by atoms with Crippen molar-refractivity contribution >= 4 is 0 Å². The molecule has 7 heteroatoms. The van der Waals surface area contributed by atoms with Crippen molar-refractivity contribution in [1.82, 2.24) is 0 Å². The molecule has 0 aliphatic carbocycles. The Kier molecular flexibility index (Phi) is 3.92. The summed E-state index contributed by atoms with van der Waals surface area (Å²) in [5.41, 5.74) is -0.645. The maximum atomic E-state index is 13.1. The molecule has 0 amide bonds. The van der Waals surface area contributed by atoms with Crippen molar-refractivity contribution in [2.75, 3.05) is 7.11 Å². The van der Waals surface area contributed by atoms with Crippen LogP contribution in [0.5, 0.6) is 5.75 Å². The van der Waals surface area contributed by atoms with Crippen LogP contribution in [0, 0.1) is 5.82 Å². The maximum Gasteiger partial charge on any atom is 0.336 e. The summed E-state index contributed by atoms with van der Waals surface area (Å²) in [4.78, 5) is 0. The molecule has 1 aromatic rings. The molecule has 0 radical (unpaired) electrons. The van der Waals surface area contributed by atoms with Gasteiger partial charge < -0.3 is 9.84 Å².